The zero-order chi connectivity index (χ0) is 25.2. The Labute approximate surface area is 206 Å². The lowest BCUT2D eigenvalue weighted by atomic mass is 9.92. The maximum Gasteiger partial charge on any atom is 0.304 e. The largest absolute Gasteiger partial charge is 0.481 e. The second-order valence-electron chi connectivity index (χ2n) is 9.06. The van der Waals surface area contributed by atoms with E-state index < -0.39 is 23.8 Å². The van der Waals surface area contributed by atoms with Crippen LogP contribution in [0.25, 0.3) is 11.1 Å². The molecule has 35 heavy (non-hydrogen) atoms. The number of aliphatic carboxylic acids is 1. The van der Waals surface area contributed by atoms with E-state index in [4.69, 9.17) is 0 Å². The number of rotatable bonds is 11. The molecule has 6 heteroatoms. The number of carbonyl (C=O) groups is 3. The van der Waals surface area contributed by atoms with E-state index in [1.165, 1.54) is 0 Å². The smallest absolute Gasteiger partial charge is 0.304 e. The fourth-order valence-corrected chi connectivity index (χ4v) is 4.01. The first-order valence-corrected chi connectivity index (χ1v) is 11.8. The van der Waals surface area contributed by atoms with E-state index in [9.17, 15) is 19.5 Å². The van der Waals surface area contributed by atoms with Crippen LogP contribution in [-0.4, -0.2) is 22.9 Å². The van der Waals surface area contributed by atoms with Gasteiger partial charge in [0.05, 0.1) is 6.42 Å². The van der Waals surface area contributed by atoms with Gasteiger partial charge in [0.1, 0.15) is 6.04 Å². The molecule has 0 radical (unpaired) electrons. The van der Waals surface area contributed by atoms with Crippen LogP contribution in [0.15, 0.2) is 84.9 Å². The monoisotopic (exact) mass is 472 g/mol. The molecule has 6 nitrogen and oxygen atoms in total. The highest BCUT2D eigenvalue weighted by Crippen LogP contribution is 2.24. The second-order valence-corrected chi connectivity index (χ2v) is 9.06. The number of carboxylic acids is 1. The van der Waals surface area contributed by atoms with Crippen molar-refractivity contribution in [3.8, 4) is 11.1 Å². The van der Waals surface area contributed by atoms with Crippen LogP contribution in [0.1, 0.15) is 43.9 Å². The minimum atomic E-state index is -1.04. The SMILES string of the molecule is CC(C)C[C@H](CC(=O)O)C(=O)N[C@H](C(=O)NCc1ccccc1)c1ccc(-c2ccccc2)cc1. The quantitative estimate of drug-likeness (QED) is 0.367. The van der Waals surface area contributed by atoms with Crippen LogP contribution in [0.3, 0.4) is 0 Å². The molecule has 0 unspecified atom stereocenters. The van der Waals surface area contributed by atoms with Crippen molar-refractivity contribution in [1.29, 1.82) is 0 Å². The van der Waals surface area contributed by atoms with Gasteiger partial charge in [-0.3, -0.25) is 14.4 Å². The normalized spacial score (nSPS) is 12.5. The summed E-state index contributed by atoms with van der Waals surface area (Å²) in [4.78, 5) is 37.7. The summed E-state index contributed by atoms with van der Waals surface area (Å²) < 4.78 is 0. The Kier molecular flexibility index (Phi) is 9.18. The maximum atomic E-state index is 13.2. The lowest BCUT2D eigenvalue weighted by Crippen LogP contribution is -2.43. The minimum Gasteiger partial charge on any atom is -0.481 e. The van der Waals surface area contributed by atoms with Crippen molar-refractivity contribution in [1.82, 2.24) is 10.6 Å². The molecular weight excluding hydrogens is 440 g/mol. The first kappa shape index (κ1) is 25.7. The van der Waals surface area contributed by atoms with Gasteiger partial charge in [0, 0.05) is 12.5 Å². The molecule has 3 N–H and O–H groups in total. The minimum absolute atomic E-state index is 0.139. The third kappa shape index (κ3) is 7.81. The molecule has 3 aromatic carbocycles. The van der Waals surface area contributed by atoms with Crippen LogP contribution >= 0.6 is 0 Å². The summed E-state index contributed by atoms with van der Waals surface area (Å²) in [7, 11) is 0. The molecule has 3 rings (SSSR count). The van der Waals surface area contributed by atoms with Gasteiger partial charge in [-0.2, -0.15) is 0 Å². The van der Waals surface area contributed by atoms with Gasteiger partial charge in [-0.1, -0.05) is 98.8 Å². The zero-order valence-electron chi connectivity index (χ0n) is 20.1. The van der Waals surface area contributed by atoms with Gasteiger partial charge < -0.3 is 15.7 Å². The van der Waals surface area contributed by atoms with Crippen molar-refractivity contribution >= 4 is 17.8 Å². The molecule has 0 fully saturated rings. The highest BCUT2D eigenvalue weighted by molar-refractivity contribution is 5.90. The molecule has 3 aromatic rings. The van der Waals surface area contributed by atoms with E-state index in [-0.39, 0.29) is 18.2 Å². The molecule has 0 bridgehead atoms. The first-order valence-electron chi connectivity index (χ1n) is 11.8. The topological polar surface area (TPSA) is 95.5 Å². The van der Waals surface area contributed by atoms with Crippen molar-refractivity contribution in [3.05, 3.63) is 96.1 Å². The fourth-order valence-electron chi connectivity index (χ4n) is 4.01. The Morgan fingerprint density at radius 2 is 1.34 bits per heavy atom. The molecule has 2 atom stereocenters. The number of hydrogen-bond donors (Lipinski definition) is 3. The van der Waals surface area contributed by atoms with Crippen molar-refractivity contribution in [2.75, 3.05) is 0 Å². The van der Waals surface area contributed by atoms with E-state index in [1.54, 1.807) is 0 Å². The van der Waals surface area contributed by atoms with Crippen LogP contribution < -0.4 is 10.6 Å². The zero-order valence-corrected chi connectivity index (χ0v) is 20.1. The molecule has 0 heterocycles. The predicted molar refractivity (Wildman–Crippen MR) is 136 cm³/mol. The van der Waals surface area contributed by atoms with Crippen LogP contribution in [0.5, 0.6) is 0 Å². The third-order valence-electron chi connectivity index (χ3n) is 5.76. The molecule has 0 aliphatic carbocycles. The maximum absolute atomic E-state index is 13.2. The van der Waals surface area contributed by atoms with Crippen LogP contribution in [-0.2, 0) is 20.9 Å². The molecule has 0 aromatic heterocycles. The third-order valence-corrected chi connectivity index (χ3v) is 5.76. The lowest BCUT2D eigenvalue weighted by molar-refractivity contribution is -0.141. The average Bonchev–Trinajstić information content (AvgIpc) is 2.86. The highest BCUT2D eigenvalue weighted by atomic mass is 16.4. The van der Waals surface area contributed by atoms with Crippen molar-refractivity contribution in [2.24, 2.45) is 11.8 Å². The molecular formula is C29H32N2O4. The number of benzene rings is 3. The Morgan fingerprint density at radius 1 is 0.771 bits per heavy atom. The Morgan fingerprint density at radius 3 is 1.91 bits per heavy atom. The standard InChI is InChI=1S/C29H32N2O4/c1-20(2)17-25(18-26(32)33)28(34)31-27(29(35)30-19-21-9-5-3-6-10-21)24-15-13-23(14-16-24)22-11-7-4-8-12-22/h3-16,20,25,27H,17-19H2,1-2H3,(H,30,35)(H,31,34)(H,32,33)/t25-,27+/m1/s1. The Bertz CT molecular complexity index is 1110. The highest BCUT2D eigenvalue weighted by Gasteiger charge is 2.28. The summed E-state index contributed by atoms with van der Waals surface area (Å²) >= 11 is 0. The predicted octanol–water partition coefficient (Wildman–Crippen LogP) is 4.96. The molecule has 0 aliphatic rings. The summed E-state index contributed by atoms with van der Waals surface area (Å²) in [5, 5.41) is 15.0. The lowest BCUT2D eigenvalue weighted by Gasteiger charge is -2.23. The fraction of sp³-hybridized carbons (Fsp3) is 0.276. The average molecular weight is 473 g/mol. The number of nitrogens with one attached hydrogen (secondary N) is 2. The molecule has 0 spiro atoms. The van der Waals surface area contributed by atoms with Gasteiger partial charge in [0.25, 0.3) is 0 Å². The van der Waals surface area contributed by atoms with Crippen molar-refractivity contribution in [2.45, 2.75) is 39.3 Å². The summed E-state index contributed by atoms with van der Waals surface area (Å²) in [5.74, 6) is -2.41. The van der Waals surface area contributed by atoms with Crippen LogP contribution in [0.4, 0.5) is 0 Å². The number of carbonyl (C=O) groups excluding carboxylic acids is 2. The molecule has 182 valence electrons. The number of hydrogen-bond acceptors (Lipinski definition) is 3. The second kappa shape index (κ2) is 12.5. The Hall–Kier alpha value is -3.93. The van der Waals surface area contributed by atoms with Gasteiger partial charge >= 0.3 is 5.97 Å². The van der Waals surface area contributed by atoms with Crippen LogP contribution in [0.2, 0.25) is 0 Å². The van der Waals surface area contributed by atoms with Gasteiger partial charge in [0.2, 0.25) is 11.8 Å². The van der Waals surface area contributed by atoms with E-state index in [1.807, 2.05) is 98.8 Å². The van der Waals surface area contributed by atoms with E-state index in [2.05, 4.69) is 10.6 Å². The molecule has 0 saturated carbocycles. The van der Waals surface area contributed by atoms with Crippen LogP contribution in [0, 0.1) is 11.8 Å². The van der Waals surface area contributed by atoms with E-state index >= 15 is 0 Å². The molecule has 0 saturated heterocycles. The summed E-state index contributed by atoms with van der Waals surface area (Å²) in [5.41, 5.74) is 3.61. The summed E-state index contributed by atoms with van der Waals surface area (Å²) in [6.45, 7) is 4.20. The molecule has 2 amide bonds. The summed E-state index contributed by atoms with van der Waals surface area (Å²) in [6.07, 6.45) is 0.138. The van der Waals surface area contributed by atoms with Gasteiger partial charge in [-0.25, -0.2) is 0 Å². The number of amides is 2. The van der Waals surface area contributed by atoms with Gasteiger partial charge in [0.15, 0.2) is 0 Å². The van der Waals surface area contributed by atoms with Gasteiger partial charge in [-0.15, -0.1) is 0 Å². The van der Waals surface area contributed by atoms with E-state index in [0.717, 1.165) is 16.7 Å². The van der Waals surface area contributed by atoms with Crippen molar-refractivity contribution < 1.29 is 19.5 Å². The first-order chi connectivity index (χ1) is 16.8. The Balaban J connectivity index is 1.83. The van der Waals surface area contributed by atoms with E-state index in [0.29, 0.717) is 18.5 Å². The number of carboxylic acid groups (broad SMARTS) is 1. The van der Waals surface area contributed by atoms with Gasteiger partial charge in [-0.05, 0) is 34.6 Å². The summed E-state index contributed by atoms with van der Waals surface area (Å²) in [6, 6.07) is 25.9. The van der Waals surface area contributed by atoms with Crippen molar-refractivity contribution in [3.63, 3.8) is 0 Å². The molecule has 0 aliphatic heterocycles.